The molecule has 0 aromatic heterocycles. The number of nitrogens with one attached hydrogen (secondary N) is 3. The molecule has 4 unspecified atom stereocenters. The fraction of sp³-hybridized carbons (Fsp3) is 0.929. The fourth-order valence-corrected chi connectivity index (χ4v) is 4.46. The lowest BCUT2D eigenvalue weighted by Gasteiger charge is -2.43. The maximum absolute atomic E-state index is 11.9. The zero-order chi connectivity index (χ0) is 12.5. The Kier molecular flexibility index (Phi) is 3.57. The highest BCUT2D eigenvalue weighted by atomic mass is 16.2. The maximum atomic E-state index is 11.9. The fourth-order valence-electron chi connectivity index (χ4n) is 4.46. The van der Waals surface area contributed by atoms with Crippen molar-refractivity contribution in [2.75, 3.05) is 13.6 Å². The Balaban J connectivity index is 1.72. The van der Waals surface area contributed by atoms with E-state index in [9.17, 15) is 4.79 Å². The van der Waals surface area contributed by atoms with Crippen LogP contribution in [0.5, 0.6) is 0 Å². The molecule has 102 valence electrons. The lowest BCUT2D eigenvalue weighted by Crippen LogP contribution is -2.61. The minimum atomic E-state index is 0.167. The number of carbonyl (C=O) groups is 1. The zero-order valence-electron chi connectivity index (χ0n) is 11.2. The highest BCUT2D eigenvalue weighted by Gasteiger charge is 2.47. The van der Waals surface area contributed by atoms with Crippen LogP contribution < -0.4 is 16.0 Å². The molecule has 1 saturated heterocycles. The van der Waals surface area contributed by atoms with E-state index >= 15 is 0 Å². The van der Waals surface area contributed by atoms with Crippen LogP contribution in [0.3, 0.4) is 0 Å². The highest BCUT2D eigenvalue weighted by Crippen LogP contribution is 2.42. The number of hydrogen-bond donors (Lipinski definition) is 3. The van der Waals surface area contributed by atoms with Crippen LogP contribution in [0.15, 0.2) is 0 Å². The van der Waals surface area contributed by atoms with Gasteiger partial charge in [0.1, 0.15) is 0 Å². The summed E-state index contributed by atoms with van der Waals surface area (Å²) in [6.07, 6.45) is 7.80. The molecular formula is C14H25N3O. The first kappa shape index (κ1) is 12.4. The summed E-state index contributed by atoms with van der Waals surface area (Å²) in [6, 6.07) is 1.74. The number of hydrogen-bond acceptors (Lipinski definition) is 3. The summed E-state index contributed by atoms with van der Waals surface area (Å²) in [7, 11) is 1.83. The van der Waals surface area contributed by atoms with E-state index in [-0.39, 0.29) is 5.91 Å². The summed E-state index contributed by atoms with van der Waals surface area (Å²) in [6.45, 7) is 0.443. The van der Waals surface area contributed by atoms with Crippen molar-refractivity contribution in [1.82, 2.24) is 16.0 Å². The monoisotopic (exact) mass is 251 g/mol. The molecule has 1 aliphatic heterocycles. The number of piperidine rings is 1. The second kappa shape index (κ2) is 5.17. The van der Waals surface area contributed by atoms with Gasteiger partial charge in [0, 0.05) is 18.1 Å². The van der Waals surface area contributed by atoms with Gasteiger partial charge < -0.3 is 16.0 Å². The molecule has 0 radical (unpaired) electrons. The van der Waals surface area contributed by atoms with E-state index in [4.69, 9.17) is 0 Å². The summed E-state index contributed by atoms with van der Waals surface area (Å²) >= 11 is 0. The van der Waals surface area contributed by atoms with Crippen LogP contribution in [-0.2, 0) is 4.79 Å². The summed E-state index contributed by atoms with van der Waals surface area (Å²) in [5, 5.41) is 10.1. The van der Waals surface area contributed by atoms with Gasteiger partial charge in [-0.05, 0) is 44.6 Å². The molecule has 3 rings (SSSR count). The number of carbonyl (C=O) groups excluding carboxylic acids is 1. The number of likely N-dealkylation sites (N-methyl/N-ethyl adjacent to an activating group) is 1. The molecule has 2 saturated carbocycles. The predicted octanol–water partition coefficient (Wildman–Crippen LogP) is 0.631. The molecule has 4 atom stereocenters. The van der Waals surface area contributed by atoms with Gasteiger partial charge in [0.2, 0.25) is 5.91 Å². The van der Waals surface area contributed by atoms with Gasteiger partial charge in [-0.15, -0.1) is 0 Å². The average molecular weight is 251 g/mol. The largest absolute Gasteiger partial charge is 0.352 e. The van der Waals surface area contributed by atoms with Gasteiger partial charge in [-0.25, -0.2) is 0 Å². The lowest BCUT2D eigenvalue weighted by molar-refractivity contribution is -0.122. The van der Waals surface area contributed by atoms with Crippen LogP contribution in [0.4, 0.5) is 0 Å². The van der Waals surface area contributed by atoms with Gasteiger partial charge in [0.25, 0.3) is 0 Å². The molecule has 1 amide bonds. The first-order chi connectivity index (χ1) is 8.79. The van der Waals surface area contributed by atoms with Gasteiger partial charge in [0.15, 0.2) is 0 Å². The number of amides is 1. The van der Waals surface area contributed by atoms with E-state index in [0.717, 1.165) is 0 Å². The second-order valence-corrected chi connectivity index (χ2v) is 6.19. The lowest BCUT2D eigenvalue weighted by atomic mass is 9.78. The van der Waals surface area contributed by atoms with E-state index in [1.165, 1.54) is 38.5 Å². The second-order valence-electron chi connectivity index (χ2n) is 6.19. The van der Waals surface area contributed by atoms with Crippen LogP contribution in [0, 0.1) is 11.8 Å². The Labute approximate surface area is 109 Å². The topological polar surface area (TPSA) is 53.2 Å². The number of rotatable bonds is 3. The Morgan fingerprint density at radius 1 is 1.11 bits per heavy atom. The third kappa shape index (κ3) is 2.16. The molecule has 0 spiro atoms. The number of fused-ring (bicyclic) bond motifs is 2. The molecule has 1 heterocycles. The van der Waals surface area contributed by atoms with Crippen LogP contribution in [0.25, 0.3) is 0 Å². The van der Waals surface area contributed by atoms with E-state index in [0.29, 0.717) is 36.5 Å². The molecule has 3 fully saturated rings. The zero-order valence-corrected chi connectivity index (χ0v) is 11.2. The third-order valence-corrected chi connectivity index (χ3v) is 5.15. The van der Waals surface area contributed by atoms with Crippen LogP contribution in [0.1, 0.15) is 38.5 Å². The van der Waals surface area contributed by atoms with Crippen molar-refractivity contribution in [2.24, 2.45) is 11.8 Å². The third-order valence-electron chi connectivity index (χ3n) is 5.15. The molecule has 2 aliphatic carbocycles. The SMILES string of the molecule is CNCC(=O)NC1C2CCCC2NC2CCCC21. The normalized spacial score (nSPS) is 42.4. The van der Waals surface area contributed by atoms with Crippen molar-refractivity contribution in [1.29, 1.82) is 0 Å². The van der Waals surface area contributed by atoms with Crippen molar-refractivity contribution in [2.45, 2.75) is 56.7 Å². The average Bonchev–Trinajstić information content (AvgIpc) is 2.96. The van der Waals surface area contributed by atoms with Gasteiger partial charge in [0.05, 0.1) is 6.54 Å². The summed E-state index contributed by atoms with van der Waals surface area (Å²) in [5.74, 6) is 1.51. The molecule has 4 heteroatoms. The van der Waals surface area contributed by atoms with Gasteiger partial charge in [-0.1, -0.05) is 12.8 Å². The van der Waals surface area contributed by atoms with Crippen LogP contribution >= 0.6 is 0 Å². The standard InChI is InChI=1S/C14H25N3O/c1-15-8-13(18)17-14-9-4-2-6-11(9)16-12-7-3-5-10(12)14/h9-12,14-16H,2-8H2,1H3,(H,17,18). The minimum Gasteiger partial charge on any atom is -0.352 e. The van der Waals surface area contributed by atoms with Crippen molar-refractivity contribution in [3.05, 3.63) is 0 Å². The van der Waals surface area contributed by atoms with E-state index in [1.54, 1.807) is 0 Å². The Bertz CT molecular complexity index is 300. The molecule has 3 aliphatic rings. The quantitative estimate of drug-likeness (QED) is 0.689. The van der Waals surface area contributed by atoms with Gasteiger partial charge in [-0.2, -0.15) is 0 Å². The first-order valence-electron chi connectivity index (χ1n) is 7.49. The summed E-state index contributed by atoms with van der Waals surface area (Å²) < 4.78 is 0. The van der Waals surface area contributed by atoms with Crippen molar-refractivity contribution in [3.63, 3.8) is 0 Å². The molecule has 4 nitrogen and oxygen atoms in total. The summed E-state index contributed by atoms with van der Waals surface area (Å²) in [5.41, 5.74) is 0. The van der Waals surface area contributed by atoms with E-state index in [1.807, 2.05) is 7.05 Å². The Morgan fingerprint density at radius 2 is 1.72 bits per heavy atom. The molecule has 0 aromatic carbocycles. The van der Waals surface area contributed by atoms with Crippen molar-refractivity contribution in [3.8, 4) is 0 Å². The van der Waals surface area contributed by atoms with Crippen molar-refractivity contribution >= 4 is 5.91 Å². The van der Waals surface area contributed by atoms with Gasteiger partial charge in [-0.3, -0.25) is 4.79 Å². The predicted molar refractivity (Wildman–Crippen MR) is 71.3 cm³/mol. The van der Waals surface area contributed by atoms with Crippen LogP contribution in [-0.4, -0.2) is 37.6 Å². The van der Waals surface area contributed by atoms with Crippen molar-refractivity contribution < 1.29 is 4.79 Å². The maximum Gasteiger partial charge on any atom is 0.234 e. The first-order valence-corrected chi connectivity index (χ1v) is 7.49. The highest BCUT2D eigenvalue weighted by molar-refractivity contribution is 5.78. The Morgan fingerprint density at radius 3 is 2.28 bits per heavy atom. The van der Waals surface area contributed by atoms with E-state index < -0.39 is 0 Å². The minimum absolute atomic E-state index is 0.167. The summed E-state index contributed by atoms with van der Waals surface area (Å²) in [4.78, 5) is 11.9. The molecular weight excluding hydrogens is 226 g/mol. The molecule has 0 bridgehead atoms. The Hall–Kier alpha value is -0.610. The van der Waals surface area contributed by atoms with Gasteiger partial charge >= 0.3 is 0 Å². The van der Waals surface area contributed by atoms with Crippen LogP contribution in [0.2, 0.25) is 0 Å². The molecule has 0 aromatic rings. The smallest absolute Gasteiger partial charge is 0.234 e. The molecule has 3 N–H and O–H groups in total. The molecule has 18 heavy (non-hydrogen) atoms. The van der Waals surface area contributed by atoms with E-state index in [2.05, 4.69) is 16.0 Å².